The van der Waals surface area contributed by atoms with E-state index in [0.717, 1.165) is 31.3 Å². The molecule has 6 heteroatoms. The molecule has 1 amide bonds. The predicted molar refractivity (Wildman–Crippen MR) is 62.3 cm³/mol. The first-order valence-corrected chi connectivity index (χ1v) is 5.10. The molecule has 3 nitrogen and oxygen atoms in total. The van der Waals surface area contributed by atoms with Crippen LogP contribution in [0.15, 0.2) is 18.2 Å². The predicted octanol–water partition coefficient (Wildman–Crippen LogP) is 1.34. The molecule has 17 heavy (non-hydrogen) atoms. The molecule has 0 saturated carbocycles. The Labute approximate surface area is 104 Å². The summed E-state index contributed by atoms with van der Waals surface area (Å²) in [5.74, 6) is -1.50. The molecule has 1 saturated heterocycles. The number of hydrogen-bond donors (Lipinski definition) is 2. The second-order valence-corrected chi connectivity index (χ2v) is 3.89. The van der Waals surface area contributed by atoms with Gasteiger partial charge in [-0.25, -0.2) is 8.78 Å². The van der Waals surface area contributed by atoms with Crippen molar-refractivity contribution in [1.29, 1.82) is 0 Å². The van der Waals surface area contributed by atoms with Gasteiger partial charge in [-0.3, -0.25) is 4.79 Å². The summed E-state index contributed by atoms with van der Waals surface area (Å²) in [5.41, 5.74) is 0.0183. The van der Waals surface area contributed by atoms with E-state index in [2.05, 4.69) is 10.6 Å². The fourth-order valence-corrected chi connectivity index (χ4v) is 1.52. The minimum absolute atomic E-state index is 0. The average Bonchev–Trinajstić information content (AvgIpc) is 2.13. The molecule has 0 spiro atoms. The van der Waals surface area contributed by atoms with Gasteiger partial charge in [0.2, 0.25) is 0 Å². The Morgan fingerprint density at radius 3 is 2.35 bits per heavy atom. The van der Waals surface area contributed by atoms with Gasteiger partial charge in [0.15, 0.2) is 0 Å². The van der Waals surface area contributed by atoms with Gasteiger partial charge in [-0.15, -0.1) is 12.4 Å². The van der Waals surface area contributed by atoms with Crippen molar-refractivity contribution < 1.29 is 13.6 Å². The molecule has 0 unspecified atom stereocenters. The first-order chi connectivity index (χ1) is 7.65. The number of rotatable bonds is 3. The van der Waals surface area contributed by atoms with Crippen LogP contribution in [0.1, 0.15) is 10.4 Å². The number of nitrogens with one attached hydrogen (secondary N) is 2. The van der Waals surface area contributed by atoms with Crippen molar-refractivity contribution in [2.24, 2.45) is 5.92 Å². The minimum atomic E-state index is -0.740. The summed E-state index contributed by atoms with van der Waals surface area (Å²) < 4.78 is 25.7. The molecule has 0 aromatic heterocycles. The van der Waals surface area contributed by atoms with E-state index in [0.29, 0.717) is 12.5 Å². The number of carbonyl (C=O) groups is 1. The lowest BCUT2D eigenvalue weighted by Gasteiger charge is -2.27. The molecule has 1 aliphatic heterocycles. The van der Waals surface area contributed by atoms with E-state index in [9.17, 15) is 13.6 Å². The van der Waals surface area contributed by atoms with Gasteiger partial charge in [-0.2, -0.15) is 0 Å². The Hall–Kier alpha value is -1.20. The third-order valence-corrected chi connectivity index (χ3v) is 2.54. The van der Waals surface area contributed by atoms with Gasteiger partial charge in [-0.1, -0.05) is 0 Å². The van der Waals surface area contributed by atoms with Crippen LogP contribution in [0.2, 0.25) is 0 Å². The highest BCUT2D eigenvalue weighted by Crippen LogP contribution is 2.08. The largest absolute Gasteiger partial charge is 0.352 e. The van der Waals surface area contributed by atoms with E-state index in [-0.39, 0.29) is 18.0 Å². The molecule has 1 aliphatic rings. The lowest BCUT2D eigenvalue weighted by molar-refractivity contribution is 0.0941. The standard InChI is InChI=1S/C11H12F2N2O.ClH/c12-9-1-8(2-10(13)3-9)11(16)15-6-7-4-14-5-7;/h1-3,7,14H,4-6H2,(H,15,16);1H. The Bertz CT molecular complexity index is 390. The van der Waals surface area contributed by atoms with Crippen LogP contribution in [0.3, 0.4) is 0 Å². The zero-order valence-corrected chi connectivity index (χ0v) is 9.82. The summed E-state index contributed by atoms with van der Waals surface area (Å²) in [6, 6.07) is 2.79. The van der Waals surface area contributed by atoms with Gasteiger partial charge < -0.3 is 10.6 Å². The van der Waals surface area contributed by atoms with E-state index in [1.54, 1.807) is 0 Å². The Kier molecular flexibility index (Phi) is 4.84. The molecule has 2 N–H and O–H groups in total. The van der Waals surface area contributed by atoms with Crippen molar-refractivity contribution >= 4 is 18.3 Å². The summed E-state index contributed by atoms with van der Waals surface area (Å²) >= 11 is 0. The zero-order chi connectivity index (χ0) is 11.5. The Morgan fingerprint density at radius 2 is 1.88 bits per heavy atom. The number of hydrogen-bond acceptors (Lipinski definition) is 2. The monoisotopic (exact) mass is 262 g/mol. The molecule has 94 valence electrons. The fourth-order valence-electron chi connectivity index (χ4n) is 1.52. The maximum atomic E-state index is 12.8. The van der Waals surface area contributed by atoms with E-state index in [1.807, 2.05) is 0 Å². The van der Waals surface area contributed by atoms with Crippen molar-refractivity contribution in [3.63, 3.8) is 0 Å². The van der Waals surface area contributed by atoms with Gasteiger partial charge >= 0.3 is 0 Å². The van der Waals surface area contributed by atoms with Crippen LogP contribution >= 0.6 is 12.4 Å². The third-order valence-electron chi connectivity index (χ3n) is 2.54. The number of benzene rings is 1. The van der Waals surface area contributed by atoms with Gasteiger partial charge in [0, 0.05) is 37.2 Å². The van der Waals surface area contributed by atoms with Crippen molar-refractivity contribution in [3.8, 4) is 0 Å². The molecule has 2 rings (SSSR count). The van der Waals surface area contributed by atoms with Gasteiger partial charge in [0.25, 0.3) is 5.91 Å². The molecule has 1 aromatic rings. The highest BCUT2D eigenvalue weighted by atomic mass is 35.5. The van der Waals surface area contributed by atoms with Crippen molar-refractivity contribution in [2.45, 2.75) is 0 Å². The molecular weight excluding hydrogens is 250 g/mol. The van der Waals surface area contributed by atoms with Crippen molar-refractivity contribution in [3.05, 3.63) is 35.4 Å². The SMILES string of the molecule is Cl.O=C(NCC1CNC1)c1cc(F)cc(F)c1. The smallest absolute Gasteiger partial charge is 0.251 e. The second-order valence-electron chi connectivity index (χ2n) is 3.89. The van der Waals surface area contributed by atoms with Crippen LogP contribution in [-0.4, -0.2) is 25.5 Å². The van der Waals surface area contributed by atoms with Crippen LogP contribution in [0.5, 0.6) is 0 Å². The van der Waals surface area contributed by atoms with E-state index >= 15 is 0 Å². The number of carbonyl (C=O) groups excluding carboxylic acids is 1. The molecule has 0 radical (unpaired) electrons. The normalized spacial score (nSPS) is 14.7. The lowest BCUT2D eigenvalue weighted by Crippen LogP contribution is -2.48. The zero-order valence-electron chi connectivity index (χ0n) is 9.00. The van der Waals surface area contributed by atoms with Gasteiger partial charge in [0.05, 0.1) is 0 Å². The molecule has 1 heterocycles. The van der Waals surface area contributed by atoms with E-state index in [1.165, 1.54) is 0 Å². The first kappa shape index (κ1) is 13.9. The molecule has 0 atom stereocenters. The number of halogens is 3. The van der Waals surface area contributed by atoms with Crippen molar-refractivity contribution in [2.75, 3.05) is 19.6 Å². The van der Waals surface area contributed by atoms with Crippen LogP contribution in [0.25, 0.3) is 0 Å². The fraction of sp³-hybridized carbons (Fsp3) is 0.364. The number of amides is 1. The van der Waals surface area contributed by atoms with Gasteiger partial charge in [-0.05, 0) is 12.1 Å². The first-order valence-electron chi connectivity index (χ1n) is 5.10. The molecule has 0 bridgehead atoms. The van der Waals surface area contributed by atoms with Crippen LogP contribution in [0.4, 0.5) is 8.78 Å². The molecule has 0 aliphatic carbocycles. The van der Waals surface area contributed by atoms with Crippen LogP contribution < -0.4 is 10.6 Å². The van der Waals surface area contributed by atoms with Gasteiger partial charge in [0.1, 0.15) is 11.6 Å². The average molecular weight is 263 g/mol. The summed E-state index contributed by atoms with van der Waals surface area (Å²) in [4.78, 5) is 11.5. The van der Waals surface area contributed by atoms with E-state index < -0.39 is 17.5 Å². The highest BCUT2D eigenvalue weighted by molar-refractivity contribution is 5.94. The topological polar surface area (TPSA) is 41.1 Å². The Morgan fingerprint density at radius 1 is 1.29 bits per heavy atom. The van der Waals surface area contributed by atoms with Crippen molar-refractivity contribution in [1.82, 2.24) is 10.6 Å². The summed E-state index contributed by atoms with van der Waals surface area (Å²) in [5, 5.41) is 5.71. The quantitative estimate of drug-likeness (QED) is 0.863. The third kappa shape index (κ3) is 3.64. The maximum absolute atomic E-state index is 12.8. The summed E-state index contributed by atoms with van der Waals surface area (Å²) in [7, 11) is 0. The molecular formula is C11H13ClF2N2O. The van der Waals surface area contributed by atoms with Crippen LogP contribution in [-0.2, 0) is 0 Å². The summed E-state index contributed by atoms with van der Waals surface area (Å²) in [6.45, 7) is 2.28. The van der Waals surface area contributed by atoms with E-state index in [4.69, 9.17) is 0 Å². The Balaban J connectivity index is 0.00000144. The summed E-state index contributed by atoms with van der Waals surface area (Å²) in [6.07, 6.45) is 0. The molecule has 1 aromatic carbocycles. The lowest BCUT2D eigenvalue weighted by atomic mass is 10.0. The molecule has 1 fully saturated rings. The second kappa shape index (κ2) is 5.93. The maximum Gasteiger partial charge on any atom is 0.251 e. The minimum Gasteiger partial charge on any atom is -0.352 e. The van der Waals surface area contributed by atoms with Crippen LogP contribution in [0, 0.1) is 17.6 Å². The highest BCUT2D eigenvalue weighted by Gasteiger charge is 2.18.